The van der Waals surface area contributed by atoms with E-state index in [4.69, 9.17) is 0 Å². The van der Waals surface area contributed by atoms with Crippen LogP contribution in [0.1, 0.15) is 44.1 Å². The molecule has 2 heterocycles. The Balaban J connectivity index is 1.45. The minimum absolute atomic E-state index is 0.103. The molecule has 1 aromatic carbocycles. The van der Waals surface area contributed by atoms with E-state index in [1.165, 1.54) is 12.0 Å². The first-order valence-electron chi connectivity index (χ1n) is 9.79. The van der Waals surface area contributed by atoms with Crippen molar-refractivity contribution in [2.45, 2.75) is 44.9 Å². The van der Waals surface area contributed by atoms with Crippen molar-refractivity contribution in [3.63, 3.8) is 0 Å². The summed E-state index contributed by atoms with van der Waals surface area (Å²) >= 11 is 0. The summed E-state index contributed by atoms with van der Waals surface area (Å²) in [5, 5.41) is 0. The number of Topliss-reactive ketones (excluding diaryl/α,β-unsaturated/α-hetero) is 1. The lowest BCUT2D eigenvalue weighted by atomic mass is 9.90. The summed E-state index contributed by atoms with van der Waals surface area (Å²) in [6.45, 7) is 4.01. The molecule has 1 unspecified atom stereocenters. The molecule has 1 amide bonds. The Morgan fingerprint density at radius 2 is 1.72 bits per heavy atom. The standard InChI is InChI=1S/C21H30N2O2/c24-20(12-11-18-8-3-1-4-9-18)19-10-7-13-22(16-19)17-21(25)23-14-5-2-6-15-23/h1,3-4,8-9,19H,2,5-7,10-17H2. The first kappa shape index (κ1) is 18.1. The van der Waals surface area contributed by atoms with Gasteiger partial charge in [-0.15, -0.1) is 0 Å². The highest BCUT2D eigenvalue weighted by Crippen LogP contribution is 2.20. The molecule has 0 saturated carbocycles. The van der Waals surface area contributed by atoms with Gasteiger partial charge in [0.15, 0.2) is 0 Å². The summed E-state index contributed by atoms with van der Waals surface area (Å²) in [6.07, 6.45) is 6.94. The van der Waals surface area contributed by atoms with E-state index >= 15 is 0 Å². The van der Waals surface area contributed by atoms with Crippen LogP contribution in [-0.4, -0.2) is 54.2 Å². The zero-order chi connectivity index (χ0) is 17.5. The monoisotopic (exact) mass is 342 g/mol. The lowest BCUT2D eigenvalue weighted by Gasteiger charge is -2.34. The number of aryl methyl sites for hydroxylation is 1. The van der Waals surface area contributed by atoms with Crippen LogP contribution in [0, 0.1) is 5.92 Å². The average molecular weight is 342 g/mol. The number of piperidine rings is 2. The third kappa shape index (κ3) is 5.40. The van der Waals surface area contributed by atoms with E-state index in [0.717, 1.165) is 58.3 Å². The molecule has 4 nitrogen and oxygen atoms in total. The number of likely N-dealkylation sites (tertiary alicyclic amines) is 2. The van der Waals surface area contributed by atoms with Crippen LogP contribution in [0.4, 0.5) is 0 Å². The quantitative estimate of drug-likeness (QED) is 0.798. The maximum atomic E-state index is 12.6. The van der Waals surface area contributed by atoms with Crippen molar-refractivity contribution < 1.29 is 9.59 Å². The van der Waals surface area contributed by atoms with Gasteiger partial charge >= 0.3 is 0 Å². The molecule has 1 atom stereocenters. The zero-order valence-corrected chi connectivity index (χ0v) is 15.2. The van der Waals surface area contributed by atoms with Gasteiger partial charge in [0.25, 0.3) is 0 Å². The minimum atomic E-state index is 0.103. The second-order valence-corrected chi connectivity index (χ2v) is 7.47. The van der Waals surface area contributed by atoms with E-state index in [-0.39, 0.29) is 11.8 Å². The molecule has 136 valence electrons. The van der Waals surface area contributed by atoms with Crippen LogP contribution in [0.2, 0.25) is 0 Å². The Labute approximate surface area is 151 Å². The van der Waals surface area contributed by atoms with Crippen LogP contribution in [0.3, 0.4) is 0 Å². The molecule has 0 bridgehead atoms. The molecule has 25 heavy (non-hydrogen) atoms. The van der Waals surface area contributed by atoms with Gasteiger partial charge in [-0.3, -0.25) is 14.5 Å². The van der Waals surface area contributed by atoms with E-state index in [1.54, 1.807) is 0 Å². The van der Waals surface area contributed by atoms with Crippen LogP contribution in [0.15, 0.2) is 30.3 Å². The lowest BCUT2D eigenvalue weighted by Crippen LogP contribution is -2.46. The fourth-order valence-electron chi connectivity index (χ4n) is 4.01. The second kappa shape index (κ2) is 9.14. The molecule has 0 radical (unpaired) electrons. The van der Waals surface area contributed by atoms with Crippen LogP contribution >= 0.6 is 0 Å². The maximum Gasteiger partial charge on any atom is 0.236 e. The summed E-state index contributed by atoms with van der Waals surface area (Å²) in [4.78, 5) is 29.2. The lowest BCUT2D eigenvalue weighted by molar-refractivity contribution is -0.135. The van der Waals surface area contributed by atoms with Gasteiger partial charge in [0.1, 0.15) is 5.78 Å². The number of rotatable bonds is 6. The number of carbonyl (C=O) groups excluding carboxylic acids is 2. The van der Waals surface area contributed by atoms with Crippen LogP contribution in [0.25, 0.3) is 0 Å². The van der Waals surface area contributed by atoms with Crippen molar-refractivity contribution in [2.75, 3.05) is 32.7 Å². The average Bonchev–Trinajstić information content (AvgIpc) is 2.68. The molecule has 1 aromatic rings. The van der Waals surface area contributed by atoms with E-state index < -0.39 is 0 Å². The number of ketones is 1. The predicted molar refractivity (Wildman–Crippen MR) is 99.4 cm³/mol. The maximum absolute atomic E-state index is 12.6. The van der Waals surface area contributed by atoms with Gasteiger partial charge in [0.2, 0.25) is 5.91 Å². The Morgan fingerprint density at radius 1 is 0.960 bits per heavy atom. The van der Waals surface area contributed by atoms with E-state index in [2.05, 4.69) is 17.0 Å². The molecule has 4 heteroatoms. The van der Waals surface area contributed by atoms with Crippen molar-refractivity contribution in [3.05, 3.63) is 35.9 Å². The molecule has 2 aliphatic rings. The highest BCUT2D eigenvalue weighted by molar-refractivity contribution is 5.82. The van der Waals surface area contributed by atoms with Gasteiger partial charge in [-0.25, -0.2) is 0 Å². The third-order valence-corrected chi connectivity index (χ3v) is 5.53. The molecule has 0 aliphatic carbocycles. The molecule has 0 aromatic heterocycles. The highest BCUT2D eigenvalue weighted by atomic mass is 16.2. The van der Waals surface area contributed by atoms with Gasteiger partial charge in [-0.1, -0.05) is 30.3 Å². The highest BCUT2D eigenvalue weighted by Gasteiger charge is 2.27. The van der Waals surface area contributed by atoms with Crippen molar-refractivity contribution in [1.82, 2.24) is 9.80 Å². The fourth-order valence-corrected chi connectivity index (χ4v) is 4.01. The van der Waals surface area contributed by atoms with Crippen LogP contribution in [0.5, 0.6) is 0 Å². The molecular formula is C21H30N2O2. The summed E-state index contributed by atoms with van der Waals surface area (Å²) in [7, 11) is 0. The number of carbonyl (C=O) groups is 2. The summed E-state index contributed by atoms with van der Waals surface area (Å²) < 4.78 is 0. The third-order valence-electron chi connectivity index (χ3n) is 5.53. The summed E-state index contributed by atoms with van der Waals surface area (Å²) in [5.74, 6) is 0.711. The molecular weight excluding hydrogens is 312 g/mol. The minimum Gasteiger partial charge on any atom is -0.342 e. The van der Waals surface area contributed by atoms with Crippen molar-refractivity contribution in [2.24, 2.45) is 5.92 Å². The molecule has 3 rings (SSSR count). The smallest absolute Gasteiger partial charge is 0.236 e. The number of benzene rings is 1. The van der Waals surface area contributed by atoms with Crippen molar-refractivity contribution in [3.8, 4) is 0 Å². The van der Waals surface area contributed by atoms with Crippen molar-refractivity contribution in [1.29, 1.82) is 0 Å². The summed E-state index contributed by atoms with van der Waals surface area (Å²) in [6, 6.07) is 10.2. The number of hydrogen-bond acceptors (Lipinski definition) is 3. The van der Waals surface area contributed by atoms with Crippen LogP contribution < -0.4 is 0 Å². The molecule has 0 spiro atoms. The predicted octanol–water partition coefficient (Wildman–Crippen LogP) is 2.91. The van der Waals surface area contributed by atoms with Gasteiger partial charge in [-0.05, 0) is 50.6 Å². The van der Waals surface area contributed by atoms with Gasteiger partial charge in [0.05, 0.1) is 6.54 Å². The molecule has 2 fully saturated rings. The molecule has 0 N–H and O–H groups in total. The SMILES string of the molecule is O=C(CCc1ccccc1)C1CCCN(CC(=O)N2CCCCC2)C1. The fraction of sp³-hybridized carbons (Fsp3) is 0.619. The molecule has 2 aliphatic heterocycles. The Bertz CT molecular complexity index is 567. The van der Waals surface area contributed by atoms with Gasteiger partial charge in [0, 0.05) is 32.0 Å². The first-order chi connectivity index (χ1) is 12.2. The topological polar surface area (TPSA) is 40.6 Å². The zero-order valence-electron chi connectivity index (χ0n) is 15.2. The van der Waals surface area contributed by atoms with Gasteiger partial charge in [-0.2, -0.15) is 0 Å². The Hall–Kier alpha value is -1.68. The molecule has 2 saturated heterocycles. The van der Waals surface area contributed by atoms with E-state index in [9.17, 15) is 9.59 Å². The van der Waals surface area contributed by atoms with Crippen LogP contribution in [-0.2, 0) is 16.0 Å². The first-order valence-corrected chi connectivity index (χ1v) is 9.79. The second-order valence-electron chi connectivity index (χ2n) is 7.47. The summed E-state index contributed by atoms with van der Waals surface area (Å²) in [5.41, 5.74) is 1.23. The van der Waals surface area contributed by atoms with Crippen molar-refractivity contribution >= 4 is 11.7 Å². The van der Waals surface area contributed by atoms with E-state index in [0.29, 0.717) is 18.7 Å². The number of nitrogens with zero attached hydrogens (tertiary/aromatic N) is 2. The normalized spacial score (nSPS) is 21.9. The largest absolute Gasteiger partial charge is 0.342 e. The Kier molecular flexibility index (Phi) is 6.62. The van der Waals surface area contributed by atoms with Gasteiger partial charge < -0.3 is 4.90 Å². The number of hydrogen-bond donors (Lipinski definition) is 0. The number of amides is 1. The Morgan fingerprint density at radius 3 is 2.48 bits per heavy atom. The van der Waals surface area contributed by atoms with E-state index in [1.807, 2.05) is 23.1 Å².